The molecule has 0 bridgehead atoms. The van der Waals surface area contributed by atoms with Gasteiger partial charge in [0.25, 0.3) is 0 Å². The number of para-hydroxylation sites is 1. The Bertz CT molecular complexity index is 1040. The second kappa shape index (κ2) is 9.40. The van der Waals surface area contributed by atoms with Crippen molar-refractivity contribution >= 4 is 15.9 Å². The number of aryl methyl sites for hydroxylation is 3. The zero-order valence-corrected chi connectivity index (χ0v) is 18.9. The van der Waals surface area contributed by atoms with Gasteiger partial charge < -0.3 is 9.64 Å². The molecule has 0 N–H and O–H groups in total. The summed E-state index contributed by atoms with van der Waals surface area (Å²) in [5, 5.41) is 0. The number of sulfonamides is 1. The first kappa shape index (κ1) is 21.8. The monoisotopic (exact) mass is 442 g/mol. The van der Waals surface area contributed by atoms with Gasteiger partial charge in [-0.25, -0.2) is 8.42 Å². The first-order valence-electron chi connectivity index (χ1n) is 11.0. The third kappa shape index (κ3) is 4.77. The SMILES string of the molecule is COc1ccccc1CCC(=O)N1CCN(S(=O)(=O)c2ccc3c(c2)CCCC3)CC1. The maximum atomic E-state index is 13.1. The Morgan fingerprint density at radius 2 is 1.68 bits per heavy atom. The van der Waals surface area contributed by atoms with E-state index >= 15 is 0 Å². The smallest absolute Gasteiger partial charge is 0.243 e. The molecule has 2 aliphatic rings. The number of carbonyl (C=O) groups excluding carboxylic acids is 1. The molecule has 0 spiro atoms. The van der Waals surface area contributed by atoms with Crippen LogP contribution >= 0.6 is 0 Å². The van der Waals surface area contributed by atoms with E-state index in [0.29, 0.717) is 43.9 Å². The van der Waals surface area contributed by atoms with Gasteiger partial charge in [-0.3, -0.25) is 4.79 Å². The van der Waals surface area contributed by atoms with Crippen LogP contribution in [0, 0.1) is 0 Å². The summed E-state index contributed by atoms with van der Waals surface area (Å²) >= 11 is 0. The van der Waals surface area contributed by atoms with E-state index in [-0.39, 0.29) is 5.91 Å². The summed E-state index contributed by atoms with van der Waals surface area (Å²) < 4.78 is 33.1. The first-order chi connectivity index (χ1) is 15.0. The van der Waals surface area contributed by atoms with Crippen LogP contribution in [0.15, 0.2) is 47.4 Å². The molecule has 166 valence electrons. The molecule has 0 atom stereocenters. The van der Waals surface area contributed by atoms with E-state index in [9.17, 15) is 13.2 Å². The van der Waals surface area contributed by atoms with E-state index in [4.69, 9.17) is 4.74 Å². The third-order valence-corrected chi connectivity index (χ3v) is 8.24. The second-order valence-electron chi connectivity index (χ2n) is 8.23. The Balaban J connectivity index is 1.35. The molecule has 1 heterocycles. The van der Waals surface area contributed by atoms with Gasteiger partial charge in [-0.15, -0.1) is 0 Å². The van der Waals surface area contributed by atoms with Crippen LogP contribution in [0.1, 0.15) is 36.0 Å². The van der Waals surface area contributed by atoms with Gasteiger partial charge in [-0.1, -0.05) is 24.3 Å². The largest absolute Gasteiger partial charge is 0.496 e. The van der Waals surface area contributed by atoms with Crippen molar-refractivity contribution in [1.29, 1.82) is 0 Å². The summed E-state index contributed by atoms with van der Waals surface area (Å²) in [4.78, 5) is 14.8. The van der Waals surface area contributed by atoms with Crippen molar-refractivity contribution in [2.75, 3.05) is 33.3 Å². The topological polar surface area (TPSA) is 66.9 Å². The Kier molecular flexibility index (Phi) is 6.62. The van der Waals surface area contributed by atoms with Crippen LogP contribution in [0.4, 0.5) is 0 Å². The van der Waals surface area contributed by atoms with Crippen LogP contribution in [0.3, 0.4) is 0 Å². The minimum Gasteiger partial charge on any atom is -0.496 e. The average molecular weight is 443 g/mol. The van der Waals surface area contributed by atoms with Gasteiger partial charge in [-0.05, 0) is 67.0 Å². The van der Waals surface area contributed by atoms with Gasteiger partial charge in [0, 0.05) is 32.6 Å². The molecular formula is C24H30N2O4S. The summed E-state index contributed by atoms with van der Waals surface area (Å²) in [6, 6.07) is 13.3. The van der Waals surface area contributed by atoms with Gasteiger partial charge in [0.2, 0.25) is 15.9 Å². The van der Waals surface area contributed by atoms with Crippen LogP contribution in [0.2, 0.25) is 0 Å². The average Bonchev–Trinajstić information content (AvgIpc) is 2.82. The number of ether oxygens (including phenoxy) is 1. The van der Waals surface area contributed by atoms with E-state index in [1.54, 1.807) is 18.1 Å². The number of hydrogen-bond donors (Lipinski definition) is 0. The number of carbonyl (C=O) groups is 1. The lowest BCUT2D eigenvalue weighted by Crippen LogP contribution is -2.50. The maximum absolute atomic E-state index is 13.1. The molecule has 2 aromatic carbocycles. The van der Waals surface area contributed by atoms with Crippen molar-refractivity contribution < 1.29 is 17.9 Å². The summed E-state index contributed by atoms with van der Waals surface area (Å²) in [5.41, 5.74) is 3.44. The van der Waals surface area contributed by atoms with Gasteiger partial charge in [0.15, 0.2) is 0 Å². The molecule has 31 heavy (non-hydrogen) atoms. The molecule has 1 amide bonds. The fourth-order valence-corrected chi connectivity index (χ4v) is 5.98. The highest BCUT2D eigenvalue weighted by molar-refractivity contribution is 7.89. The summed E-state index contributed by atoms with van der Waals surface area (Å²) in [7, 11) is -1.90. The summed E-state index contributed by atoms with van der Waals surface area (Å²) in [6.07, 6.45) is 5.27. The van der Waals surface area contributed by atoms with Gasteiger partial charge in [0.05, 0.1) is 12.0 Å². The number of nitrogens with zero attached hydrogens (tertiary/aromatic N) is 2. The predicted octanol–water partition coefficient (Wildman–Crippen LogP) is 3.04. The zero-order valence-electron chi connectivity index (χ0n) is 18.0. The molecule has 1 aliphatic heterocycles. The van der Waals surface area contributed by atoms with Crippen molar-refractivity contribution in [2.24, 2.45) is 0 Å². The number of fused-ring (bicyclic) bond motifs is 1. The number of methoxy groups -OCH3 is 1. The number of piperazine rings is 1. The minimum absolute atomic E-state index is 0.0525. The molecule has 6 nitrogen and oxygen atoms in total. The fraction of sp³-hybridized carbons (Fsp3) is 0.458. The van der Waals surface area contributed by atoms with Crippen molar-refractivity contribution in [2.45, 2.75) is 43.4 Å². The van der Waals surface area contributed by atoms with Crippen LogP contribution < -0.4 is 4.74 Å². The predicted molar refractivity (Wildman–Crippen MR) is 120 cm³/mol. The van der Waals surface area contributed by atoms with Crippen molar-refractivity contribution in [1.82, 2.24) is 9.21 Å². The van der Waals surface area contributed by atoms with Crippen LogP contribution in [-0.2, 0) is 34.1 Å². The van der Waals surface area contributed by atoms with Gasteiger partial charge >= 0.3 is 0 Å². The minimum atomic E-state index is -3.53. The van der Waals surface area contributed by atoms with Crippen molar-refractivity contribution in [3.8, 4) is 5.75 Å². The van der Waals surface area contributed by atoms with Crippen molar-refractivity contribution in [3.63, 3.8) is 0 Å². The lowest BCUT2D eigenvalue weighted by atomic mass is 9.92. The molecule has 1 fully saturated rings. The highest BCUT2D eigenvalue weighted by atomic mass is 32.2. The van der Waals surface area contributed by atoms with Crippen LogP contribution in [0.25, 0.3) is 0 Å². The highest BCUT2D eigenvalue weighted by Crippen LogP contribution is 2.26. The van der Waals surface area contributed by atoms with Gasteiger partial charge in [0.1, 0.15) is 5.75 Å². The molecule has 0 aromatic heterocycles. The van der Waals surface area contributed by atoms with E-state index in [1.165, 1.54) is 16.3 Å². The highest BCUT2D eigenvalue weighted by Gasteiger charge is 2.30. The normalized spacial score (nSPS) is 17.3. The van der Waals surface area contributed by atoms with E-state index in [0.717, 1.165) is 36.1 Å². The Morgan fingerprint density at radius 3 is 2.42 bits per heavy atom. The Labute approximate surface area is 184 Å². The van der Waals surface area contributed by atoms with E-state index < -0.39 is 10.0 Å². The number of rotatable bonds is 6. The van der Waals surface area contributed by atoms with E-state index in [2.05, 4.69) is 0 Å². The zero-order chi connectivity index (χ0) is 21.8. The number of benzene rings is 2. The molecule has 7 heteroatoms. The van der Waals surface area contributed by atoms with Crippen LogP contribution in [0.5, 0.6) is 5.75 Å². The quantitative estimate of drug-likeness (QED) is 0.690. The molecule has 0 unspecified atom stereocenters. The molecule has 4 rings (SSSR count). The molecular weight excluding hydrogens is 412 g/mol. The van der Waals surface area contributed by atoms with Crippen molar-refractivity contribution in [3.05, 3.63) is 59.2 Å². The Hall–Kier alpha value is -2.38. The molecule has 1 saturated heterocycles. The maximum Gasteiger partial charge on any atom is 0.243 e. The molecule has 0 saturated carbocycles. The lowest BCUT2D eigenvalue weighted by molar-refractivity contribution is -0.132. The molecule has 2 aromatic rings. The second-order valence-corrected chi connectivity index (χ2v) is 10.2. The summed E-state index contributed by atoms with van der Waals surface area (Å²) in [6.45, 7) is 1.52. The Morgan fingerprint density at radius 1 is 0.968 bits per heavy atom. The standard InChI is InChI=1S/C24H30N2O4S/c1-30-23-9-5-4-7-20(23)11-13-24(27)25-14-16-26(17-15-25)31(28,29)22-12-10-19-6-2-3-8-21(19)18-22/h4-5,7,9-10,12,18H,2-3,6,8,11,13-17H2,1H3. The third-order valence-electron chi connectivity index (χ3n) is 6.35. The van der Waals surface area contributed by atoms with Crippen LogP contribution in [-0.4, -0.2) is 56.8 Å². The number of amides is 1. The lowest BCUT2D eigenvalue weighted by Gasteiger charge is -2.34. The molecule has 1 aliphatic carbocycles. The summed E-state index contributed by atoms with van der Waals surface area (Å²) in [5.74, 6) is 0.841. The molecule has 0 radical (unpaired) electrons. The number of hydrogen-bond acceptors (Lipinski definition) is 4. The first-order valence-corrected chi connectivity index (χ1v) is 12.4. The van der Waals surface area contributed by atoms with Gasteiger partial charge in [-0.2, -0.15) is 4.31 Å². The fourth-order valence-electron chi connectivity index (χ4n) is 4.51. The van der Waals surface area contributed by atoms with E-state index in [1.807, 2.05) is 36.4 Å².